The molecule has 0 aliphatic carbocycles. The minimum absolute atomic E-state index is 0.643. The fourth-order valence-electron chi connectivity index (χ4n) is 2.72. The Morgan fingerprint density at radius 2 is 1.77 bits per heavy atom. The van der Waals surface area contributed by atoms with Gasteiger partial charge in [-0.1, -0.05) is 75.8 Å². The van der Waals surface area contributed by atoms with E-state index >= 15 is 0 Å². The second-order valence-corrected chi connectivity index (χ2v) is 7.45. The molecule has 5 rings (SSSR count). The van der Waals surface area contributed by atoms with Crippen molar-refractivity contribution in [1.29, 1.82) is 0 Å². The highest BCUT2D eigenvalue weighted by molar-refractivity contribution is 9.10. The van der Waals surface area contributed by atoms with E-state index in [4.69, 9.17) is 5.10 Å². The van der Waals surface area contributed by atoms with Gasteiger partial charge in [-0.15, -0.1) is 10.2 Å². The minimum atomic E-state index is 0.643. The quantitative estimate of drug-likeness (QED) is 0.458. The van der Waals surface area contributed by atoms with Crippen LogP contribution in [0, 0.1) is 0 Å². The van der Waals surface area contributed by atoms with Crippen LogP contribution in [-0.2, 0) is 0 Å². The van der Waals surface area contributed by atoms with Gasteiger partial charge in [-0.3, -0.25) is 5.10 Å². The maximum atomic E-state index is 4.69. The number of hydrogen-bond donors (Lipinski definition) is 1. The third-order valence-corrected chi connectivity index (χ3v) is 5.61. The lowest BCUT2D eigenvalue weighted by Crippen LogP contribution is -1.91. The van der Waals surface area contributed by atoms with Crippen molar-refractivity contribution >= 4 is 32.2 Å². The Bertz CT molecular complexity index is 1210. The maximum absolute atomic E-state index is 4.69. The summed E-state index contributed by atoms with van der Waals surface area (Å²) in [6.45, 7) is 0. The molecule has 0 aliphatic heterocycles. The van der Waals surface area contributed by atoms with Gasteiger partial charge >= 0.3 is 0 Å². The second kappa shape index (κ2) is 6.15. The molecule has 0 saturated heterocycles. The Hall–Kier alpha value is -2.84. The maximum Gasteiger partial charge on any atom is 0.235 e. The SMILES string of the molecule is Brc1ccccc1-c1nn2c(-c3cc(-c4ccccc4)n[nH]3)nnc2s1. The van der Waals surface area contributed by atoms with Gasteiger partial charge in [-0.25, -0.2) is 0 Å². The monoisotopic (exact) mass is 422 g/mol. The van der Waals surface area contributed by atoms with Crippen LogP contribution in [0.5, 0.6) is 0 Å². The number of nitrogens with zero attached hydrogens (tertiary/aromatic N) is 5. The highest BCUT2D eigenvalue weighted by Gasteiger charge is 2.17. The second-order valence-electron chi connectivity index (χ2n) is 5.64. The molecule has 3 aromatic heterocycles. The van der Waals surface area contributed by atoms with Crippen molar-refractivity contribution in [3.63, 3.8) is 0 Å². The van der Waals surface area contributed by atoms with Crippen LogP contribution < -0.4 is 0 Å². The first kappa shape index (κ1) is 15.4. The number of hydrogen-bond acceptors (Lipinski definition) is 5. The number of fused-ring (bicyclic) bond motifs is 1. The van der Waals surface area contributed by atoms with E-state index in [1.165, 1.54) is 11.3 Å². The van der Waals surface area contributed by atoms with Gasteiger partial charge in [0.05, 0.1) is 5.69 Å². The molecule has 126 valence electrons. The van der Waals surface area contributed by atoms with E-state index in [2.05, 4.69) is 36.3 Å². The van der Waals surface area contributed by atoms with E-state index in [9.17, 15) is 0 Å². The van der Waals surface area contributed by atoms with E-state index in [1.807, 2.05) is 60.7 Å². The minimum Gasteiger partial charge on any atom is -0.274 e. The first-order chi connectivity index (χ1) is 12.8. The number of rotatable bonds is 3. The molecular formula is C18H11BrN6S. The summed E-state index contributed by atoms with van der Waals surface area (Å²) < 4.78 is 2.75. The molecule has 2 aromatic carbocycles. The first-order valence-corrected chi connectivity index (χ1v) is 9.49. The fourth-order valence-corrected chi connectivity index (χ4v) is 4.20. The summed E-state index contributed by atoms with van der Waals surface area (Å²) in [5.74, 6) is 0.643. The molecule has 5 aromatic rings. The molecule has 6 nitrogen and oxygen atoms in total. The molecule has 26 heavy (non-hydrogen) atoms. The zero-order chi connectivity index (χ0) is 17.5. The predicted molar refractivity (Wildman–Crippen MR) is 105 cm³/mol. The van der Waals surface area contributed by atoms with Crippen molar-refractivity contribution < 1.29 is 0 Å². The Morgan fingerprint density at radius 3 is 2.62 bits per heavy atom. The van der Waals surface area contributed by atoms with E-state index in [0.717, 1.165) is 37.0 Å². The average Bonchev–Trinajstić information content (AvgIpc) is 3.38. The van der Waals surface area contributed by atoms with E-state index in [0.29, 0.717) is 5.82 Å². The third kappa shape index (κ3) is 2.54. The summed E-state index contributed by atoms with van der Waals surface area (Å²) in [4.78, 5) is 0.738. The van der Waals surface area contributed by atoms with Crippen LogP contribution in [0.3, 0.4) is 0 Å². The van der Waals surface area contributed by atoms with Gasteiger partial charge in [0.1, 0.15) is 10.7 Å². The van der Waals surface area contributed by atoms with E-state index < -0.39 is 0 Å². The van der Waals surface area contributed by atoms with Crippen molar-refractivity contribution in [2.75, 3.05) is 0 Å². The van der Waals surface area contributed by atoms with Crippen LogP contribution in [-0.4, -0.2) is 30.0 Å². The van der Waals surface area contributed by atoms with Crippen molar-refractivity contribution in [1.82, 2.24) is 30.0 Å². The molecule has 0 saturated carbocycles. The Morgan fingerprint density at radius 1 is 0.962 bits per heavy atom. The lowest BCUT2D eigenvalue weighted by Gasteiger charge is -1.98. The first-order valence-electron chi connectivity index (χ1n) is 7.88. The van der Waals surface area contributed by atoms with Crippen LogP contribution in [0.1, 0.15) is 0 Å². The molecule has 8 heteroatoms. The molecule has 0 amide bonds. The zero-order valence-corrected chi connectivity index (χ0v) is 15.7. The largest absolute Gasteiger partial charge is 0.274 e. The zero-order valence-electron chi connectivity index (χ0n) is 13.3. The smallest absolute Gasteiger partial charge is 0.235 e. The molecule has 0 fully saturated rings. The number of aromatic nitrogens is 6. The third-order valence-electron chi connectivity index (χ3n) is 3.98. The highest BCUT2D eigenvalue weighted by atomic mass is 79.9. The summed E-state index contributed by atoms with van der Waals surface area (Å²) in [6, 6.07) is 20.0. The standard InChI is InChI=1S/C18H11BrN6S/c19-13-9-5-4-8-12(13)17-24-25-16(22-23-18(25)26-17)15-10-14(20-21-15)11-6-2-1-3-7-11/h1-10H,(H,20,21). The predicted octanol–water partition coefficient (Wildman–Crippen LogP) is 4.67. The van der Waals surface area contributed by atoms with Gasteiger partial charge in [-0.05, 0) is 12.1 Å². The van der Waals surface area contributed by atoms with Crippen LogP contribution in [0.2, 0.25) is 0 Å². The summed E-state index contributed by atoms with van der Waals surface area (Å²) >= 11 is 5.07. The molecule has 0 aliphatic rings. The molecule has 0 radical (unpaired) electrons. The topological polar surface area (TPSA) is 71.8 Å². The van der Waals surface area contributed by atoms with Crippen molar-refractivity contribution in [3.8, 4) is 33.3 Å². The highest BCUT2D eigenvalue weighted by Crippen LogP contribution is 2.32. The molecule has 1 N–H and O–H groups in total. The number of benzene rings is 2. The summed E-state index contributed by atoms with van der Waals surface area (Å²) in [7, 11) is 0. The number of H-pyrrole nitrogens is 1. The summed E-state index contributed by atoms with van der Waals surface area (Å²) in [5, 5.41) is 21.5. The average molecular weight is 423 g/mol. The van der Waals surface area contributed by atoms with Gasteiger partial charge in [0.25, 0.3) is 0 Å². The lowest BCUT2D eigenvalue weighted by molar-refractivity contribution is 0.954. The van der Waals surface area contributed by atoms with Crippen LogP contribution >= 0.6 is 27.3 Å². The van der Waals surface area contributed by atoms with Crippen molar-refractivity contribution in [2.45, 2.75) is 0 Å². The van der Waals surface area contributed by atoms with E-state index in [1.54, 1.807) is 4.52 Å². The fraction of sp³-hybridized carbons (Fsp3) is 0. The van der Waals surface area contributed by atoms with Gasteiger partial charge in [0.2, 0.25) is 10.8 Å². The molecule has 0 atom stereocenters. The van der Waals surface area contributed by atoms with Crippen molar-refractivity contribution in [2.24, 2.45) is 0 Å². The van der Waals surface area contributed by atoms with Crippen LogP contribution in [0.25, 0.3) is 38.3 Å². The van der Waals surface area contributed by atoms with Crippen LogP contribution in [0.4, 0.5) is 0 Å². The number of halogens is 1. The van der Waals surface area contributed by atoms with Gasteiger partial charge in [0, 0.05) is 15.6 Å². The van der Waals surface area contributed by atoms with Gasteiger partial charge < -0.3 is 0 Å². The number of nitrogens with one attached hydrogen (secondary N) is 1. The van der Waals surface area contributed by atoms with Crippen molar-refractivity contribution in [3.05, 3.63) is 65.1 Å². The van der Waals surface area contributed by atoms with E-state index in [-0.39, 0.29) is 0 Å². The Kier molecular flexibility index (Phi) is 3.65. The molecule has 0 unspecified atom stereocenters. The number of aromatic amines is 1. The molecule has 0 spiro atoms. The summed E-state index contributed by atoms with van der Waals surface area (Å²) in [6.07, 6.45) is 0. The lowest BCUT2D eigenvalue weighted by atomic mass is 10.1. The summed E-state index contributed by atoms with van der Waals surface area (Å²) in [5.41, 5.74) is 3.71. The van der Waals surface area contributed by atoms with Crippen LogP contribution in [0.15, 0.2) is 65.1 Å². The molecule has 0 bridgehead atoms. The molecular weight excluding hydrogens is 412 g/mol. The van der Waals surface area contributed by atoms with Gasteiger partial charge in [-0.2, -0.15) is 14.7 Å². The Balaban J connectivity index is 1.58. The van der Waals surface area contributed by atoms with Gasteiger partial charge in [0.15, 0.2) is 0 Å². The molecule has 3 heterocycles. The normalized spacial score (nSPS) is 11.3. The Labute approximate surface area is 160 Å².